The second-order valence-corrected chi connectivity index (χ2v) is 5.97. The van der Waals surface area contributed by atoms with Gasteiger partial charge in [0.05, 0.1) is 0 Å². The normalized spacial score (nSPS) is 7.20. The van der Waals surface area contributed by atoms with E-state index in [1.807, 2.05) is 22.0 Å². The molecule has 0 spiro atoms. The van der Waals surface area contributed by atoms with E-state index in [9.17, 15) is 10.2 Å². The molecule has 0 aromatic heterocycles. The fraction of sp³-hybridized carbons (Fsp3) is 0.667. The first-order chi connectivity index (χ1) is 7.24. The van der Waals surface area contributed by atoms with Crippen LogP contribution in [0.15, 0.2) is 21.3 Å². The monoisotopic (exact) mass is 320 g/mol. The van der Waals surface area contributed by atoms with Crippen molar-refractivity contribution >= 4 is 21.1 Å². The van der Waals surface area contributed by atoms with Gasteiger partial charge in [0.1, 0.15) is 0 Å². The predicted octanol–water partition coefficient (Wildman–Crippen LogP) is 1.27. The van der Waals surface area contributed by atoms with Crippen molar-refractivity contribution in [3.05, 3.63) is 21.3 Å². The van der Waals surface area contributed by atoms with Gasteiger partial charge in [-0.15, -0.1) is 13.2 Å². The van der Waals surface area contributed by atoms with Gasteiger partial charge in [0.2, 0.25) is 0 Å². The predicted molar refractivity (Wildman–Crippen MR) is 65.7 cm³/mol. The summed E-state index contributed by atoms with van der Waals surface area (Å²) in [5.74, 6) is 0. The Morgan fingerprint density at radius 2 is 1.27 bits per heavy atom. The van der Waals surface area contributed by atoms with Crippen LogP contribution in [0.4, 0.5) is 0 Å². The minimum Gasteiger partial charge on any atom is -0.854 e. The third-order valence-electron chi connectivity index (χ3n) is 1.23. The maximum atomic E-state index is 9.53. The Kier molecular flexibility index (Phi) is 40.1. The zero-order valence-electron chi connectivity index (χ0n) is 10.1. The van der Waals surface area contributed by atoms with Gasteiger partial charge in [-0.3, -0.25) is 0 Å². The minimum absolute atomic E-state index is 0.0938. The fourth-order valence-corrected chi connectivity index (χ4v) is 0.848. The second-order valence-electron chi connectivity index (χ2n) is 2.69. The summed E-state index contributed by atoms with van der Waals surface area (Å²) in [6.07, 6.45) is 3.73. The Morgan fingerprint density at radius 1 is 0.933 bits per heavy atom. The molecule has 0 bridgehead atoms. The zero-order chi connectivity index (χ0) is 12.4. The van der Waals surface area contributed by atoms with E-state index in [1.165, 1.54) is 0 Å². The Morgan fingerprint density at radius 3 is 1.27 bits per heavy atom. The van der Waals surface area contributed by atoms with Crippen LogP contribution in [0.1, 0.15) is 39.5 Å². The molecule has 2 nitrogen and oxygen atoms in total. The van der Waals surface area contributed by atoms with Gasteiger partial charge in [0, 0.05) is 0 Å². The molecule has 0 aliphatic carbocycles. The minimum atomic E-state index is -0.254. The topological polar surface area (TPSA) is 46.1 Å². The van der Waals surface area contributed by atoms with Crippen LogP contribution >= 0.6 is 0 Å². The average molecular weight is 319 g/mol. The van der Waals surface area contributed by atoms with Crippen LogP contribution in [0, 0.1) is 0 Å². The molecule has 0 amide bonds. The molecule has 0 atom stereocenters. The summed E-state index contributed by atoms with van der Waals surface area (Å²) in [6.45, 7) is 11.3. The fourth-order valence-electron chi connectivity index (χ4n) is 0.372. The van der Waals surface area contributed by atoms with Crippen molar-refractivity contribution in [2.45, 2.75) is 39.5 Å². The van der Waals surface area contributed by atoms with Crippen molar-refractivity contribution in [2.24, 2.45) is 0 Å². The quantitative estimate of drug-likeness (QED) is 0.692. The molecule has 88 valence electrons. The van der Waals surface area contributed by atoms with Crippen LogP contribution in [-0.4, -0.2) is 34.4 Å². The van der Waals surface area contributed by atoms with Crippen LogP contribution in [0.3, 0.4) is 0 Å². The third-order valence-corrected chi connectivity index (χ3v) is 2.58. The summed E-state index contributed by atoms with van der Waals surface area (Å²) in [4.78, 5) is 0. The second kappa shape index (κ2) is 29.2. The molecule has 0 rings (SSSR count). The van der Waals surface area contributed by atoms with E-state index in [4.69, 9.17) is 0 Å². The smallest absolute Gasteiger partial charge is 0.0575 e. The zero-order valence-corrected chi connectivity index (χ0v) is 13.0. The number of unbranched alkanes of at least 4 members (excludes halogenated alkanes) is 2. The molecule has 0 radical (unpaired) electrons. The maximum absolute atomic E-state index is 9.53. The molecule has 0 fully saturated rings. The Labute approximate surface area is 105 Å². The molecule has 15 heavy (non-hydrogen) atoms. The molecular formula is C12H24O2Sn. The summed E-state index contributed by atoms with van der Waals surface area (Å²) in [5, 5.41) is 19.1. The first-order valence-corrected chi connectivity index (χ1v) is 8.68. The molecule has 0 unspecified atom stereocenters. The number of rotatable bonds is 6. The van der Waals surface area contributed by atoms with Crippen LogP contribution in [0.25, 0.3) is 0 Å². The van der Waals surface area contributed by atoms with Crippen LogP contribution in [0.5, 0.6) is 0 Å². The van der Waals surface area contributed by atoms with Gasteiger partial charge in [-0.1, -0.05) is 39.5 Å². The van der Waals surface area contributed by atoms with Gasteiger partial charge >= 0.3 is 42.5 Å². The van der Waals surface area contributed by atoms with Crippen LogP contribution in [-0.2, 0) is 0 Å². The van der Waals surface area contributed by atoms with Gasteiger partial charge in [0.15, 0.2) is 0 Å². The molecular weight excluding hydrogens is 295 g/mol. The first-order valence-electron chi connectivity index (χ1n) is 5.39. The van der Waals surface area contributed by atoms with Crippen molar-refractivity contribution in [1.82, 2.24) is 0 Å². The molecule has 0 aromatic rings. The van der Waals surface area contributed by atoms with E-state index in [0.29, 0.717) is 0 Å². The molecule has 0 aliphatic heterocycles. The first kappa shape index (κ1) is 20.6. The van der Waals surface area contributed by atoms with Gasteiger partial charge in [-0.25, -0.2) is 0 Å². The Hall–Kier alpha value is 0.199. The van der Waals surface area contributed by atoms with Crippen molar-refractivity contribution in [3.8, 4) is 0 Å². The molecule has 0 saturated heterocycles. The van der Waals surface area contributed by atoms with E-state index >= 15 is 0 Å². The SMILES string of the molecule is C=[CH][Sn+2][CH]=C.CCCC[O-].CCCC[O-]. The Balaban J connectivity index is -0.000000144. The van der Waals surface area contributed by atoms with Crippen molar-refractivity contribution < 1.29 is 10.2 Å². The van der Waals surface area contributed by atoms with Crippen molar-refractivity contribution in [1.29, 1.82) is 0 Å². The van der Waals surface area contributed by atoms with Crippen LogP contribution in [0.2, 0.25) is 0 Å². The van der Waals surface area contributed by atoms with E-state index in [2.05, 4.69) is 13.2 Å². The molecule has 3 heteroatoms. The van der Waals surface area contributed by atoms with Gasteiger partial charge in [-0.2, -0.15) is 0 Å². The van der Waals surface area contributed by atoms with Gasteiger partial charge in [0.25, 0.3) is 0 Å². The molecule has 0 saturated carbocycles. The largest absolute Gasteiger partial charge is 0.854 e. The number of hydrogen-bond donors (Lipinski definition) is 0. The summed E-state index contributed by atoms with van der Waals surface area (Å²) < 4.78 is 3.96. The maximum Gasteiger partial charge on any atom is -0.0575 e. The molecule has 0 heterocycles. The molecule has 0 aromatic carbocycles. The van der Waals surface area contributed by atoms with Crippen LogP contribution < -0.4 is 10.2 Å². The average Bonchev–Trinajstić information content (AvgIpc) is 2.23. The summed E-state index contributed by atoms with van der Waals surface area (Å²) in [7, 11) is 0. The van der Waals surface area contributed by atoms with E-state index in [0.717, 1.165) is 25.7 Å². The van der Waals surface area contributed by atoms with Crippen molar-refractivity contribution in [3.63, 3.8) is 0 Å². The molecule has 0 N–H and O–H groups in total. The number of hydrogen-bond acceptors (Lipinski definition) is 2. The summed E-state index contributed by atoms with van der Waals surface area (Å²) in [6, 6.07) is 0. The third kappa shape index (κ3) is 55.0. The van der Waals surface area contributed by atoms with E-state index in [-0.39, 0.29) is 34.4 Å². The molecule has 0 aliphatic rings. The Bertz CT molecular complexity index is 89.8. The van der Waals surface area contributed by atoms with Gasteiger partial charge < -0.3 is 10.2 Å². The van der Waals surface area contributed by atoms with Gasteiger partial charge in [-0.05, 0) is 0 Å². The van der Waals surface area contributed by atoms with E-state index in [1.54, 1.807) is 0 Å². The van der Waals surface area contributed by atoms with Crippen molar-refractivity contribution in [2.75, 3.05) is 13.2 Å². The summed E-state index contributed by atoms with van der Waals surface area (Å²) in [5.41, 5.74) is 0. The van der Waals surface area contributed by atoms with E-state index < -0.39 is 0 Å². The standard InChI is InChI=1S/2C4H9O.2C2H3.Sn/c2*1-2-3-4-5;2*1-2;/h2*2-4H2,1H3;2*1H,2H2;/q2*-1;;;+2. The summed E-state index contributed by atoms with van der Waals surface area (Å²) >= 11 is -0.254.